The first-order valence-corrected chi connectivity index (χ1v) is 7.61. The first-order valence-electron chi connectivity index (χ1n) is 6.73. The zero-order chi connectivity index (χ0) is 13.1. The molecule has 0 aliphatic carbocycles. The van der Waals surface area contributed by atoms with E-state index in [4.69, 9.17) is 4.52 Å². The summed E-state index contributed by atoms with van der Waals surface area (Å²) in [5, 5.41) is 9.63. The fraction of sp³-hybridized carbons (Fsp3) is 0.500. The maximum atomic E-state index is 5.42. The van der Waals surface area contributed by atoms with Crippen molar-refractivity contribution >= 4 is 23.7 Å². The van der Waals surface area contributed by atoms with Gasteiger partial charge in [-0.2, -0.15) is 0 Å². The lowest BCUT2D eigenvalue weighted by molar-refractivity contribution is 0.187. The lowest BCUT2D eigenvalue weighted by Gasteiger charge is -2.30. The van der Waals surface area contributed by atoms with E-state index in [1.807, 2.05) is 6.07 Å². The third-order valence-electron chi connectivity index (χ3n) is 3.67. The van der Waals surface area contributed by atoms with E-state index in [9.17, 15) is 0 Å². The summed E-state index contributed by atoms with van der Waals surface area (Å²) < 4.78 is 5.42. The van der Waals surface area contributed by atoms with Gasteiger partial charge in [-0.25, -0.2) is 0 Å². The third-order valence-corrected chi connectivity index (χ3v) is 4.55. The highest BCUT2D eigenvalue weighted by molar-refractivity contribution is 7.13. The number of halogens is 1. The van der Waals surface area contributed by atoms with Crippen molar-refractivity contribution < 1.29 is 4.52 Å². The van der Waals surface area contributed by atoms with Crippen LogP contribution in [0.3, 0.4) is 0 Å². The van der Waals surface area contributed by atoms with Gasteiger partial charge < -0.3 is 9.84 Å². The Morgan fingerprint density at radius 2 is 2.25 bits per heavy atom. The van der Waals surface area contributed by atoms with Crippen molar-refractivity contribution in [1.29, 1.82) is 0 Å². The van der Waals surface area contributed by atoms with Gasteiger partial charge in [0.05, 0.1) is 10.6 Å². The number of rotatable bonds is 4. The van der Waals surface area contributed by atoms with E-state index >= 15 is 0 Å². The molecule has 1 fully saturated rings. The second-order valence-corrected chi connectivity index (χ2v) is 6.00. The Bertz CT molecular complexity index is 508. The van der Waals surface area contributed by atoms with Crippen LogP contribution in [0.2, 0.25) is 0 Å². The van der Waals surface area contributed by atoms with Crippen LogP contribution in [0, 0.1) is 0 Å². The predicted octanol–water partition coefficient (Wildman–Crippen LogP) is 3.01. The molecule has 0 spiro atoms. The number of piperidine rings is 1. The number of hydrogen-bond acceptors (Lipinski definition) is 5. The zero-order valence-electron chi connectivity index (χ0n) is 11.5. The molecule has 0 amide bonds. The Labute approximate surface area is 129 Å². The Hall–Kier alpha value is -0.880. The van der Waals surface area contributed by atoms with E-state index in [2.05, 4.69) is 39.9 Å². The summed E-state index contributed by atoms with van der Waals surface area (Å²) in [5.41, 5.74) is 1.02. The van der Waals surface area contributed by atoms with Crippen LogP contribution in [0.1, 0.15) is 18.5 Å². The van der Waals surface area contributed by atoms with Gasteiger partial charge in [0.15, 0.2) is 5.76 Å². The van der Waals surface area contributed by atoms with E-state index in [-0.39, 0.29) is 12.4 Å². The summed E-state index contributed by atoms with van der Waals surface area (Å²) in [7, 11) is 2.18. The van der Waals surface area contributed by atoms with E-state index in [0.29, 0.717) is 6.04 Å². The number of hydrogen-bond donors (Lipinski definition) is 1. The highest BCUT2D eigenvalue weighted by atomic mass is 35.5. The number of aromatic nitrogens is 1. The fourth-order valence-electron chi connectivity index (χ4n) is 2.55. The summed E-state index contributed by atoms with van der Waals surface area (Å²) in [6, 6.07) is 6.81. The minimum atomic E-state index is 0. The minimum absolute atomic E-state index is 0. The molecule has 0 bridgehead atoms. The molecule has 2 aromatic rings. The van der Waals surface area contributed by atoms with Crippen molar-refractivity contribution in [2.75, 3.05) is 20.1 Å². The van der Waals surface area contributed by atoms with Crippen LogP contribution in [0.25, 0.3) is 10.6 Å². The van der Waals surface area contributed by atoms with Crippen LogP contribution in [0.15, 0.2) is 28.1 Å². The van der Waals surface area contributed by atoms with Crippen LogP contribution in [-0.4, -0.2) is 36.2 Å². The molecular weight excluding hydrogens is 294 g/mol. The second kappa shape index (κ2) is 7.22. The molecule has 20 heavy (non-hydrogen) atoms. The molecule has 0 saturated carbocycles. The van der Waals surface area contributed by atoms with Crippen LogP contribution >= 0.6 is 23.7 Å². The zero-order valence-corrected chi connectivity index (χ0v) is 13.2. The molecule has 3 heterocycles. The average Bonchev–Trinajstić information content (AvgIpc) is 3.10. The van der Waals surface area contributed by atoms with Gasteiger partial charge in [0, 0.05) is 18.7 Å². The van der Waals surface area contributed by atoms with E-state index < -0.39 is 0 Å². The van der Waals surface area contributed by atoms with Crippen LogP contribution in [-0.2, 0) is 6.54 Å². The van der Waals surface area contributed by atoms with Gasteiger partial charge in [0.2, 0.25) is 0 Å². The summed E-state index contributed by atoms with van der Waals surface area (Å²) in [4.78, 5) is 3.53. The van der Waals surface area contributed by atoms with Crippen molar-refractivity contribution in [1.82, 2.24) is 15.4 Å². The number of nitrogens with one attached hydrogen (secondary N) is 1. The van der Waals surface area contributed by atoms with E-state index in [1.54, 1.807) is 11.3 Å². The van der Waals surface area contributed by atoms with Crippen LogP contribution < -0.4 is 5.32 Å². The van der Waals surface area contributed by atoms with Gasteiger partial charge in [0.1, 0.15) is 0 Å². The average molecular weight is 314 g/mol. The molecule has 1 saturated heterocycles. The maximum absolute atomic E-state index is 5.42. The molecule has 110 valence electrons. The Kier molecular flexibility index (Phi) is 5.60. The van der Waals surface area contributed by atoms with Crippen LogP contribution in [0.5, 0.6) is 0 Å². The third kappa shape index (κ3) is 3.61. The van der Waals surface area contributed by atoms with Crippen molar-refractivity contribution in [3.05, 3.63) is 29.3 Å². The molecule has 0 radical (unpaired) electrons. The van der Waals surface area contributed by atoms with Gasteiger partial charge in [-0.3, -0.25) is 4.90 Å². The van der Waals surface area contributed by atoms with Gasteiger partial charge in [-0.15, -0.1) is 23.7 Å². The molecule has 4 nitrogen and oxygen atoms in total. The van der Waals surface area contributed by atoms with Crippen molar-refractivity contribution in [3.63, 3.8) is 0 Å². The molecule has 1 N–H and O–H groups in total. The lowest BCUT2D eigenvalue weighted by atomic mass is 10.1. The molecule has 2 aromatic heterocycles. The van der Waals surface area contributed by atoms with E-state index in [0.717, 1.165) is 36.0 Å². The molecule has 0 unspecified atom stereocenters. The van der Waals surface area contributed by atoms with E-state index in [1.165, 1.54) is 12.8 Å². The smallest absolute Gasteiger partial charge is 0.177 e. The SMILES string of the molecule is CN(Cc1cc(-c2cccs2)on1)C1CCNCC1.Cl. The molecule has 0 aromatic carbocycles. The first kappa shape index (κ1) is 15.5. The summed E-state index contributed by atoms with van der Waals surface area (Å²) >= 11 is 1.68. The monoisotopic (exact) mass is 313 g/mol. The van der Waals surface area contributed by atoms with Gasteiger partial charge in [-0.05, 0) is 44.4 Å². The highest BCUT2D eigenvalue weighted by Crippen LogP contribution is 2.25. The Morgan fingerprint density at radius 3 is 2.95 bits per heavy atom. The van der Waals surface area contributed by atoms with Crippen molar-refractivity contribution in [3.8, 4) is 10.6 Å². The summed E-state index contributed by atoms with van der Waals surface area (Å²) in [6.45, 7) is 3.10. The first-order chi connectivity index (χ1) is 9.33. The molecule has 1 aliphatic heterocycles. The predicted molar refractivity (Wildman–Crippen MR) is 84.4 cm³/mol. The Balaban J connectivity index is 0.00000147. The molecule has 1 aliphatic rings. The number of thiophene rings is 1. The van der Waals surface area contributed by atoms with Crippen molar-refractivity contribution in [2.24, 2.45) is 0 Å². The lowest BCUT2D eigenvalue weighted by Crippen LogP contribution is -2.40. The molecule has 6 heteroatoms. The Morgan fingerprint density at radius 1 is 1.45 bits per heavy atom. The van der Waals surface area contributed by atoms with Gasteiger partial charge >= 0.3 is 0 Å². The van der Waals surface area contributed by atoms with Gasteiger partial charge in [-0.1, -0.05) is 11.2 Å². The standard InChI is InChI=1S/C14H19N3OS.ClH/c1-17(12-4-6-15-7-5-12)10-11-9-13(18-16-11)14-3-2-8-19-14;/h2-3,8-9,12,15H,4-7,10H2,1H3;1H. The van der Waals surface area contributed by atoms with Gasteiger partial charge in [0.25, 0.3) is 0 Å². The molecule has 0 atom stereocenters. The quantitative estimate of drug-likeness (QED) is 0.942. The van der Waals surface area contributed by atoms with Crippen molar-refractivity contribution in [2.45, 2.75) is 25.4 Å². The highest BCUT2D eigenvalue weighted by Gasteiger charge is 2.19. The number of nitrogens with zero attached hydrogens (tertiary/aromatic N) is 2. The topological polar surface area (TPSA) is 41.3 Å². The maximum Gasteiger partial charge on any atom is 0.177 e. The van der Waals surface area contributed by atoms with Crippen LogP contribution in [0.4, 0.5) is 0 Å². The largest absolute Gasteiger partial charge is 0.355 e. The summed E-state index contributed by atoms with van der Waals surface area (Å²) in [6.07, 6.45) is 2.43. The fourth-order valence-corrected chi connectivity index (χ4v) is 3.23. The molecule has 3 rings (SSSR count). The summed E-state index contributed by atoms with van der Waals surface area (Å²) in [5.74, 6) is 0.878. The second-order valence-electron chi connectivity index (χ2n) is 5.06. The minimum Gasteiger partial charge on any atom is -0.355 e. The normalized spacial score (nSPS) is 16.3. The molecular formula is C14H20ClN3OS.